The van der Waals surface area contributed by atoms with Crippen LogP contribution in [0.2, 0.25) is 10.0 Å². The molecule has 22 heteroatoms. The van der Waals surface area contributed by atoms with Gasteiger partial charge in [0.25, 0.3) is 11.8 Å². The molecule has 6 unspecified atom stereocenters. The van der Waals surface area contributed by atoms with E-state index in [0.29, 0.717) is 17.3 Å². The molecule has 4 amide bonds. The van der Waals surface area contributed by atoms with Gasteiger partial charge in [-0.1, -0.05) is 62.9 Å². The van der Waals surface area contributed by atoms with Gasteiger partial charge < -0.3 is 9.84 Å². The summed E-state index contributed by atoms with van der Waals surface area (Å²) in [6.45, 7) is 0. The fraction of sp³-hybridized carbons (Fsp3) is 0.293. The molecule has 3 heterocycles. The lowest BCUT2D eigenvalue weighted by Crippen LogP contribution is -2.53. The van der Waals surface area contributed by atoms with E-state index >= 15 is 4.79 Å². The van der Waals surface area contributed by atoms with E-state index in [0.717, 1.165) is 0 Å². The van der Waals surface area contributed by atoms with Crippen LogP contribution in [-0.2, 0) is 43.1 Å². The van der Waals surface area contributed by atoms with Gasteiger partial charge in [-0.3, -0.25) is 24.6 Å². The second kappa shape index (κ2) is 15.1. The zero-order valence-corrected chi connectivity index (χ0v) is 34.7. The van der Waals surface area contributed by atoms with E-state index in [1.165, 1.54) is 49.6 Å². The third-order valence-corrected chi connectivity index (χ3v) is 13.0. The Morgan fingerprint density at radius 1 is 0.825 bits per heavy atom. The monoisotopic (exact) mass is 990 g/mol. The van der Waals surface area contributed by atoms with Gasteiger partial charge in [0.05, 0.1) is 57.7 Å². The smallest absolute Gasteiger partial charge is 0.417 e. The molecule has 2 N–H and O–H groups in total. The van der Waals surface area contributed by atoms with Crippen LogP contribution in [0, 0.1) is 23.7 Å². The minimum atomic E-state index is -5.33. The molecule has 1 aromatic heterocycles. The SMILES string of the molecule is COc1cc(Br)cc(C2C3=CCC4C(=O)N(c5cc(C(F)(F)F)cc(C(F)(F)F)c5)C(=O)C4C3CC3C(=O)N(Nc4ncc(C(F)(F)F)cc4Cl)C(=O)C32c2ccc(Cl)cc2)c1O. The number of aromatic hydroxyl groups is 1. The van der Waals surface area contributed by atoms with Crippen molar-refractivity contribution in [2.24, 2.45) is 23.7 Å². The zero-order valence-electron chi connectivity index (χ0n) is 31.6. The molecule has 4 aliphatic rings. The quantitative estimate of drug-likeness (QED) is 0.111. The van der Waals surface area contributed by atoms with E-state index in [1.54, 1.807) is 0 Å². The first-order valence-corrected chi connectivity index (χ1v) is 20.0. The fourth-order valence-corrected chi connectivity index (χ4v) is 10.2. The lowest BCUT2D eigenvalue weighted by Gasteiger charge is -2.50. The summed E-state index contributed by atoms with van der Waals surface area (Å²) in [5.41, 5.74) is -5.24. The van der Waals surface area contributed by atoms with Crippen LogP contribution in [0.4, 0.5) is 51.0 Å². The number of nitrogens with one attached hydrogen (secondary N) is 1. The maximum Gasteiger partial charge on any atom is 0.417 e. The van der Waals surface area contributed by atoms with Crippen LogP contribution in [0.5, 0.6) is 11.5 Å². The van der Waals surface area contributed by atoms with Crippen LogP contribution >= 0.6 is 39.1 Å². The molecular weight excluding hydrogens is 966 g/mol. The summed E-state index contributed by atoms with van der Waals surface area (Å²) in [7, 11) is 1.23. The van der Waals surface area contributed by atoms with Crippen molar-refractivity contribution in [3.63, 3.8) is 0 Å². The Kier molecular flexibility index (Phi) is 10.6. The number of ether oxygens (including phenoxy) is 1. The predicted molar refractivity (Wildman–Crippen MR) is 208 cm³/mol. The van der Waals surface area contributed by atoms with Crippen molar-refractivity contribution in [2.75, 3.05) is 17.4 Å². The Hall–Kier alpha value is -5.34. The van der Waals surface area contributed by atoms with Gasteiger partial charge in [0.2, 0.25) is 11.8 Å². The molecule has 63 heavy (non-hydrogen) atoms. The lowest BCUT2D eigenvalue weighted by atomic mass is 9.49. The molecule has 2 aliphatic carbocycles. The number of carbonyl (C=O) groups is 4. The Balaban J connectivity index is 1.33. The number of hydrogen-bond acceptors (Lipinski definition) is 8. The number of methoxy groups -OCH3 is 1. The van der Waals surface area contributed by atoms with Gasteiger partial charge in [0, 0.05) is 27.2 Å². The van der Waals surface area contributed by atoms with Crippen molar-refractivity contribution in [1.29, 1.82) is 0 Å². The van der Waals surface area contributed by atoms with E-state index in [2.05, 4.69) is 26.3 Å². The summed E-state index contributed by atoms with van der Waals surface area (Å²) in [5, 5.41) is 11.9. The molecule has 8 rings (SSSR count). The Morgan fingerprint density at radius 3 is 2.02 bits per heavy atom. The van der Waals surface area contributed by atoms with Crippen molar-refractivity contribution < 1.29 is 68.5 Å². The molecule has 0 bridgehead atoms. The Bertz CT molecular complexity index is 2630. The number of imide groups is 2. The summed E-state index contributed by atoms with van der Waals surface area (Å²) in [5.74, 6) is -12.8. The second-order valence-corrected chi connectivity index (χ2v) is 17.0. The minimum Gasteiger partial charge on any atom is -0.504 e. The lowest BCUT2D eigenvalue weighted by molar-refractivity contribution is -0.143. The molecule has 330 valence electrons. The molecule has 3 fully saturated rings. The normalized spacial score (nSPS) is 24.9. The van der Waals surface area contributed by atoms with Gasteiger partial charge in [-0.15, -0.1) is 0 Å². The Morgan fingerprint density at radius 2 is 1.44 bits per heavy atom. The topological polar surface area (TPSA) is 129 Å². The van der Waals surface area contributed by atoms with Crippen LogP contribution in [0.1, 0.15) is 46.6 Å². The molecule has 2 saturated heterocycles. The van der Waals surface area contributed by atoms with Gasteiger partial charge in [-0.05, 0) is 72.9 Å². The van der Waals surface area contributed by atoms with Gasteiger partial charge in [-0.25, -0.2) is 9.88 Å². The van der Waals surface area contributed by atoms with E-state index in [9.17, 15) is 59.0 Å². The van der Waals surface area contributed by atoms with Crippen molar-refractivity contribution >= 4 is 74.3 Å². The van der Waals surface area contributed by atoms with Crippen LogP contribution in [0.25, 0.3) is 0 Å². The van der Waals surface area contributed by atoms with Crippen molar-refractivity contribution in [3.8, 4) is 11.5 Å². The van der Waals surface area contributed by atoms with Crippen molar-refractivity contribution in [2.45, 2.75) is 42.7 Å². The average Bonchev–Trinajstić information content (AvgIpc) is 3.58. The number of benzene rings is 3. The summed E-state index contributed by atoms with van der Waals surface area (Å²) < 4.78 is 130. The number of pyridine rings is 1. The number of nitrogens with zero attached hydrogens (tertiary/aromatic N) is 3. The fourth-order valence-electron chi connectivity index (χ4n) is 9.42. The number of halogens is 12. The van der Waals surface area contributed by atoms with Gasteiger partial charge >= 0.3 is 18.5 Å². The van der Waals surface area contributed by atoms with E-state index in [-0.39, 0.29) is 61.5 Å². The number of alkyl halides is 9. The molecule has 10 nitrogen and oxygen atoms in total. The Labute approximate surface area is 367 Å². The number of amides is 4. The first-order valence-electron chi connectivity index (χ1n) is 18.5. The number of fused-ring (bicyclic) bond motifs is 4. The molecule has 2 aliphatic heterocycles. The number of hydrazine groups is 1. The number of allylic oxidation sites excluding steroid dienone is 2. The highest BCUT2D eigenvalue weighted by atomic mass is 79.9. The second-order valence-electron chi connectivity index (χ2n) is 15.2. The third-order valence-electron chi connectivity index (χ3n) is 12.0. The number of hydrogen-bond donors (Lipinski definition) is 2. The van der Waals surface area contributed by atoms with Crippen LogP contribution < -0.4 is 15.1 Å². The molecule has 4 aromatic rings. The maximum absolute atomic E-state index is 15.4. The average molecular weight is 992 g/mol. The number of carbonyl (C=O) groups excluding carboxylic acids is 4. The summed E-state index contributed by atoms with van der Waals surface area (Å²) in [4.78, 5) is 63.0. The molecular formula is C41H26BrCl2F9N4O6. The molecule has 6 atom stereocenters. The molecule has 0 radical (unpaired) electrons. The minimum absolute atomic E-state index is 0.0643. The van der Waals surface area contributed by atoms with Crippen LogP contribution in [0.3, 0.4) is 0 Å². The van der Waals surface area contributed by atoms with Crippen molar-refractivity contribution in [3.05, 3.63) is 121 Å². The van der Waals surface area contributed by atoms with E-state index in [1.807, 2.05) is 0 Å². The van der Waals surface area contributed by atoms with Crippen LogP contribution in [-0.4, -0.2) is 45.8 Å². The van der Waals surface area contributed by atoms with Gasteiger partial charge in [0.15, 0.2) is 17.3 Å². The zero-order chi connectivity index (χ0) is 45.9. The molecule has 3 aromatic carbocycles. The van der Waals surface area contributed by atoms with Gasteiger partial charge in [-0.2, -0.15) is 44.5 Å². The number of anilines is 2. The summed E-state index contributed by atoms with van der Waals surface area (Å²) in [6.07, 6.45) is -14.4. The highest BCUT2D eigenvalue weighted by molar-refractivity contribution is 9.10. The highest BCUT2D eigenvalue weighted by Gasteiger charge is 2.71. The maximum atomic E-state index is 15.4. The number of phenolic OH excluding ortho intramolecular Hbond substituents is 1. The number of aromatic nitrogens is 1. The largest absolute Gasteiger partial charge is 0.504 e. The van der Waals surface area contributed by atoms with Gasteiger partial charge in [0.1, 0.15) is 0 Å². The van der Waals surface area contributed by atoms with Crippen molar-refractivity contribution in [1.82, 2.24) is 9.99 Å². The molecule has 0 spiro atoms. The predicted octanol–water partition coefficient (Wildman–Crippen LogP) is 10.1. The third kappa shape index (κ3) is 7.08. The summed E-state index contributed by atoms with van der Waals surface area (Å²) in [6, 6.07) is 9.31. The first-order chi connectivity index (χ1) is 29.4. The number of rotatable bonds is 6. The summed E-state index contributed by atoms with van der Waals surface area (Å²) >= 11 is 15.9. The van der Waals surface area contributed by atoms with Crippen LogP contribution in [0.15, 0.2) is 83.0 Å². The first kappa shape index (κ1) is 44.3. The standard InChI is InChI=1S/C41H26BrCl2F9N4O6/c1-63-29-13-20(42)12-26(32(29)58)31-23-6-7-24-30(36(61)56(34(24)59)22-9-17(39(45,46)47)8-18(10-22)40(48,49)50)25(23)14-27-35(60)57(37(62)38(27,31)16-2-4-21(43)5-3-16)55-33-28(44)11-19(15-54-33)41(51,52)53/h2-6,8-13,15,24-25,27,30-31,58H,7,14H2,1H3,(H,54,55). The van der Waals surface area contributed by atoms with E-state index in [4.69, 9.17) is 27.9 Å². The number of phenols is 1. The molecule has 1 saturated carbocycles. The van der Waals surface area contributed by atoms with E-state index < -0.39 is 123 Å². The highest BCUT2D eigenvalue weighted by Crippen LogP contribution is 2.66.